The van der Waals surface area contributed by atoms with Crippen molar-refractivity contribution >= 4 is 23.8 Å². The molecule has 1 aromatic carbocycles. The minimum absolute atomic E-state index is 0.0788. The average Bonchev–Trinajstić information content (AvgIpc) is 3.02. The Morgan fingerprint density at radius 3 is 2.52 bits per heavy atom. The molecule has 0 amide bonds. The van der Waals surface area contributed by atoms with Gasteiger partial charge in [-0.05, 0) is 42.9 Å². The lowest BCUT2D eigenvalue weighted by Gasteiger charge is -2.14. The quantitative estimate of drug-likeness (QED) is 0.483. The summed E-state index contributed by atoms with van der Waals surface area (Å²) in [4.78, 5) is 34.2. The van der Waals surface area contributed by atoms with Crippen LogP contribution in [0.15, 0.2) is 30.3 Å². The molecule has 1 fully saturated rings. The zero-order valence-electron chi connectivity index (χ0n) is 15.9. The third-order valence-electron chi connectivity index (χ3n) is 5.18. The SMILES string of the molecule is COC(=O)c1ccc(C=CC2CCC(=O)C2CCCCCCC(=O)O)cc1. The maximum Gasteiger partial charge on any atom is 0.337 e. The van der Waals surface area contributed by atoms with Gasteiger partial charge in [0, 0.05) is 18.8 Å². The average molecular weight is 372 g/mol. The third-order valence-corrected chi connectivity index (χ3v) is 5.18. The number of ketones is 1. The predicted octanol–water partition coefficient (Wildman–Crippen LogP) is 4.51. The van der Waals surface area contributed by atoms with Gasteiger partial charge in [-0.25, -0.2) is 4.79 Å². The molecule has 27 heavy (non-hydrogen) atoms. The lowest BCUT2D eigenvalue weighted by Crippen LogP contribution is -2.13. The number of unbranched alkanes of at least 4 members (excludes halogenated alkanes) is 3. The second-order valence-corrected chi connectivity index (χ2v) is 7.09. The van der Waals surface area contributed by atoms with Crippen molar-refractivity contribution in [1.82, 2.24) is 0 Å². The van der Waals surface area contributed by atoms with Crippen LogP contribution in [0.3, 0.4) is 0 Å². The van der Waals surface area contributed by atoms with E-state index in [0.29, 0.717) is 24.2 Å². The molecule has 1 aliphatic rings. The molecule has 1 saturated carbocycles. The lowest BCUT2D eigenvalue weighted by molar-refractivity contribution is -0.137. The first-order chi connectivity index (χ1) is 13.0. The van der Waals surface area contributed by atoms with Crippen LogP contribution in [0.25, 0.3) is 6.08 Å². The number of carboxylic acid groups (broad SMARTS) is 1. The summed E-state index contributed by atoms with van der Waals surface area (Å²) in [6.45, 7) is 0. The molecule has 146 valence electrons. The van der Waals surface area contributed by atoms with Crippen molar-refractivity contribution in [2.45, 2.75) is 51.4 Å². The van der Waals surface area contributed by atoms with Crippen LogP contribution in [0.4, 0.5) is 0 Å². The number of aliphatic carboxylic acids is 1. The van der Waals surface area contributed by atoms with Gasteiger partial charge in [-0.15, -0.1) is 0 Å². The zero-order chi connectivity index (χ0) is 19.6. The van der Waals surface area contributed by atoms with Gasteiger partial charge in [0.25, 0.3) is 0 Å². The first-order valence-corrected chi connectivity index (χ1v) is 9.62. The molecule has 1 aromatic rings. The maximum atomic E-state index is 12.2. The van der Waals surface area contributed by atoms with E-state index in [4.69, 9.17) is 9.84 Å². The highest BCUT2D eigenvalue weighted by molar-refractivity contribution is 5.89. The Hall–Kier alpha value is -2.43. The molecule has 0 bridgehead atoms. The topological polar surface area (TPSA) is 80.7 Å². The number of ether oxygens (including phenoxy) is 1. The minimum atomic E-state index is -0.745. The molecule has 5 nitrogen and oxygen atoms in total. The molecule has 0 saturated heterocycles. The van der Waals surface area contributed by atoms with E-state index in [1.54, 1.807) is 12.1 Å². The summed E-state index contributed by atoms with van der Waals surface area (Å²) < 4.78 is 4.69. The second kappa shape index (κ2) is 10.7. The molecular weight excluding hydrogens is 344 g/mol. The molecule has 0 spiro atoms. The second-order valence-electron chi connectivity index (χ2n) is 7.09. The number of carbonyl (C=O) groups excluding carboxylic acids is 2. The monoisotopic (exact) mass is 372 g/mol. The number of Topliss-reactive ketones (excluding diaryl/α,β-unsaturated/α-hetero) is 1. The van der Waals surface area contributed by atoms with E-state index in [1.807, 2.05) is 18.2 Å². The fraction of sp³-hybridized carbons (Fsp3) is 0.500. The molecule has 0 aliphatic heterocycles. The van der Waals surface area contributed by atoms with Gasteiger partial charge in [-0.2, -0.15) is 0 Å². The van der Waals surface area contributed by atoms with Crippen LogP contribution in [0.5, 0.6) is 0 Å². The Kier molecular flexibility index (Phi) is 8.24. The van der Waals surface area contributed by atoms with Crippen LogP contribution < -0.4 is 0 Å². The fourth-order valence-corrected chi connectivity index (χ4v) is 3.62. The van der Waals surface area contributed by atoms with Crippen LogP contribution in [-0.2, 0) is 14.3 Å². The van der Waals surface area contributed by atoms with Crippen molar-refractivity contribution in [3.05, 3.63) is 41.5 Å². The minimum Gasteiger partial charge on any atom is -0.481 e. The Morgan fingerprint density at radius 2 is 1.85 bits per heavy atom. The van der Waals surface area contributed by atoms with Crippen molar-refractivity contribution in [1.29, 1.82) is 0 Å². The molecule has 1 N–H and O–H groups in total. The number of benzene rings is 1. The summed E-state index contributed by atoms with van der Waals surface area (Å²) >= 11 is 0. The highest BCUT2D eigenvalue weighted by Crippen LogP contribution is 2.34. The summed E-state index contributed by atoms with van der Waals surface area (Å²) in [5.41, 5.74) is 1.51. The van der Waals surface area contributed by atoms with E-state index in [9.17, 15) is 14.4 Å². The van der Waals surface area contributed by atoms with Crippen LogP contribution in [0.1, 0.15) is 67.3 Å². The molecule has 5 heteroatoms. The van der Waals surface area contributed by atoms with Crippen molar-refractivity contribution < 1.29 is 24.2 Å². The molecule has 2 unspecified atom stereocenters. The number of carboxylic acids is 1. The van der Waals surface area contributed by atoms with Gasteiger partial charge in [-0.3, -0.25) is 9.59 Å². The first kappa shape index (κ1) is 20.9. The number of allylic oxidation sites excluding steroid dienone is 1. The highest BCUT2D eigenvalue weighted by atomic mass is 16.5. The van der Waals surface area contributed by atoms with Crippen LogP contribution in [-0.4, -0.2) is 29.9 Å². The van der Waals surface area contributed by atoms with Gasteiger partial charge in [0.1, 0.15) is 5.78 Å². The lowest BCUT2D eigenvalue weighted by atomic mass is 9.89. The van der Waals surface area contributed by atoms with Gasteiger partial charge >= 0.3 is 11.9 Å². The number of methoxy groups -OCH3 is 1. The Morgan fingerprint density at radius 1 is 1.15 bits per heavy atom. The van der Waals surface area contributed by atoms with Gasteiger partial charge < -0.3 is 9.84 Å². The summed E-state index contributed by atoms with van der Waals surface area (Å²) in [7, 11) is 1.36. The van der Waals surface area contributed by atoms with E-state index < -0.39 is 5.97 Å². The van der Waals surface area contributed by atoms with E-state index >= 15 is 0 Å². The Bertz CT molecular complexity index is 674. The van der Waals surface area contributed by atoms with E-state index in [-0.39, 0.29) is 24.2 Å². The van der Waals surface area contributed by atoms with E-state index in [0.717, 1.165) is 37.7 Å². The largest absolute Gasteiger partial charge is 0.481 e. The standard InChI is InChI=1S/C22H28O5/c1-27-22(26)18-12-9-16(10-13-18)8-11-17-14-15-20(23)19(17)6-4-2-3-5-7-21(24)25/h8-13,17,19H,2-7,14-15H2,1H3,(H,24,25). The number of rotatable bonds is 10. The first-order valence-electron chi connectivity index (χ1n) is 9.62. The molecule has 0 heterocycles. The maximum absolute atomic E-state index is 12.2. The molecule has 2 atom stereocenters. The molecule has 2 rings (SSSR count). The number of hydrogen-bond acceptors (Lipinski definition) is 4. The molecule has 0 radical (unpaired) electrons. The van der Waals surface area contributed by atoms with Gasteiger partial charge in [0.2, 0.25) is 0 Å². The zero-order valence-corrected chi connectivity index (χ0v) is 15.9. The van der Waals surface area contributed by atoms with Crippen LogP contribution in [0, 0.1) is 11.8 Å². The normalized spacial score (nSPS) is 19.5. The smallest absolute Gasteiger partial charge is 0.337 e. The third kappa shape index (κ3) is 6.66. The number of esters is 1. The Balaban J connectivity index is 1.83. The summed E-state index contributed by atoms with van der Waals surface area (Å²) in [6, 6.07) is 7.22. The van der Waals surface area contributed by atoms with Crippen molar-refractivity contribution in [2.24, 2.45) is 11.8 Å². The van der Waals surface area contributed by atoms with Gasteiger partial charge in [-0.1, -0.05) is 43.5 Å². The van der Waals surface area contributed by atoms with Crippen molar-refractivity contribution in [3.63, 3.8) is 0 Å². The van der Waals surface area contributed by atoms with Crippen molar-refractivity contribution in [2.75, 3.05) is 7.11 Å². The van der Waals surface area contributed by atoms with E-state index in [2.05, 4.69) is 6.08 Å². The number of hydrogen-bond donors (Lipinski definition) is 1. The molecule has 0 aromatic heterocycles. The molecular formula is C22H28O5. The highest BCUT2D eigenvalue weighted by Gasteiger charge is 2.32. The van der Waals surface area contributed by atoms with Crippen LogP contribution >= 0.6 is 0 Å². The Labute approximate surface area is 160 Å². The summed E-state index contributed by atoms with van der Waals surface area (Å²) in [5, 5.41) is 8.64. The molecule has 1 aliphatic carbocycles. The van der Waals surface area contributed by atoms with E-state index in [1.165, 1.54) is 7.11 Å². The number of carbonyl (C=O) groups is 3. The van der Waals surface area contributed by atoms with Gasteiger partial charge in [0.05, 0.1) is 12.7 Å². The van der Waals surface area contributed by atoms with Crippen LogP contribution in [0.2, 0.25) is 0 Å². The van der Waals surface area contributed by atoms with Gasteiger partial charge in [0.15, 0.2) is 0 Å². The summed E-state index contributed by atoms with van der Waals surface area (Å²) in [6.07, 6.45) is 10.3. The van der Waals surface area contributed by atoms with Crippen molar-refractivity contribution in [3.8, 4) is 0 Å². The fourth-order valence-electron chi connectivity index (χ4n) is 3.62. The summed E-state index contributed by atoms with van der Waals surface area (Å²) in [5.74, 6) is -0.413. The predicted molar refractivity (Wildman–Crippen MR) is 103 cm³/mol.